The molecule has 96 valence electrons. The third kappa shape index (κ3) is 2.33. The fourth-order valence-electron chi connectivity index (χ4n) is 1.89. The third-order valence-corrected chi connectivity index (χ3v) is 3.87. The fraction of sp³-hybridized carbons (Fsp3) is 0.308. The van der Waals surface area contributed by atoms with Crippen LogP contribution in [0.1, 0.15) is 31.9 Å². The van der Waals surface area contributed by atoms with E-state index < -0.39 is 0 Å². The molecule has 0 aliphatic carbocycles. The van der Waals surface area contributed by atoms with Crippen molar-refractivity contribution < 1.29 is 0 Å². The molecule has 0 aliphatic heterocycles. The molecular weight excluding hydrogens is 269 g/mol. The Morgan fingerprint density at radius 2 is 2.06 bits per heavy atom. The van der Waals surface area contributed by atoms with Crippen LogP contribution in [0.15, 0.2) is 18.2 Å². The molecule has 2 aromatic rings. The molecule has 3 N–H and O–H groups in total. The normalized spacial score (nSPS) is 12.7. The van der Waals surface area contributed by atoms with Crippen LogP contribution in [0, 0.1) is 0 Å². The third-order valence-electron chi connectivity index (χ3n) is 3.14. The Morgan fingerprint density at radius 1 is 1.33 bits per heavy atom. The van der Waals surface area contributed by atoms with Crippen LogP contribution in [-0.2, 0) is 0 Å². The summed E-state index contributed by atoms with van der Waals surface area (Å²) in [5.74, 6) is 0.850. The lowest BCUT2D eigenvalue weighted by molar-refractivity contribution is 0.705. The lowest BCUT2D eigenvalue weighted by Gasteiger charge is -2.10. The van der Waals surface area contributed by atoms with E-state index in [9.17, 15) is 0 Å². The minimum absolute atomic E-state index is 0.360. The maximum Gasteiger partial charge on any atom is 0.153 e. The summed E-state index contributed by atoms with van der Waals surface area (Å²) in [5, 5.41) is 8.15. The molecule has 18 heavy (non-hydrogen) atoms. The molecule has 1 aromatic carbocycles. The Bertz CT molecular complexity index is 563. The van der Waals surface area contributed by atoms with E-state index in [0.29, 0.717) is 21.8 Å². The average molecular weight is 284 g/mol. The molecule has 1 unspecified atom stereocenters. The van der Waals surface area contributed by atoms with E-state index in [4.69, 9.17) is 28.9 Å². The Hall–Kier alpha value is -1.19. The molecule has 0 saturated carbocycles. The zero-order chi connectivity index (χ0) is 13.3. The highest BCUT2D eigenvalue weighted by molar-refractivity contribution is 6.42. The van der Waals surface area contributed by atoms with Crippen LogP contribution < -0.4 is 5.73 Å². The minimum Gasteiger partial charge on any atom is -0.382 e. The summed E-state index contributed by atoms with van der Waals surface area (Å²) in [6.45, 7) is 4.26. The van der Waals surface area contributed by atoms with Crippen molar-refractivity contribution in [1.29, 1.82) is 0 Å². The summed E-state index contributed by atoms with van der Waals surface area (Å²) in [7, 11) is 0. The molecule has 0 aliphatic rings. The van der Waals surface area contributed by atoms with Gasteiger partial charge in [-0.3, -0.25) is 5.10 Å². The van der Waals surface area contributed by atoms with Crippen molar-refractivity contribution >= 4 is 29.0 Å². The summed E-state index contributed by atoms with van der Waals surface area (Å²) in [6, 6.07) is 5.49. The number of hydrogen-bond acceptors (Lipinski definition) is 2. The minimum atomic E-state index is 0.360. The van der Waals surface area contributed by atoms with Crippen molar-refractivity contribution in [3.63, 3.8) is 0 Å². The molecule has 1 heterocycles. The van der Waals surface area contributed by atoms with Gasteiger partial charge < -0.3 is 5.73 Å². The van der Waals surface area contributed by atoms with Gasteiger partial charge in [-0.1, -0.05) is 43.1 Å². The highest BCUT2D eigenvalue weighted by atomic mass is 35.5. The number of nitrogens with one attached hydrogen (secondary N) is 1. The SMILES string of the molecule is CCC(C)c1[nH]nc(N)c1-c1ccc(Cl)c(Cl)c1. The highest BCUT2D eigenvalue weighted by Gasteiger charge is 2.17. The molecule has 0 radical (unpaired) electrons. The molecule has 2 rings (SSSR count). The Balaban J connectivity index is 2.55. The molecule has 5 heteroatoms. The maximum atomic E-state index is 6.05. The Labute approximate surface area is 116 Å². The molecule has 0 fully saturated rings. The zero-order valence-corrected chi connectivity index (χ0v) is 11.8. The highest BCUT2D eigenvalue weighted by Crippen LogP contribution is 2.36. The van der Waals surface area contributed by atoms with Gasteiger partial charge in [0.05, 0.1) is 10.0 Å². The van der Waals surface area contributed by atoms with E-state index in [1.165, 1.54) is 0 Å². The van der Waals surface area contributed by atoms with Crippen LogP contribution >= 0.6 is 23.2 Å². The van der Waals surface area contributed by atoms with Gasteiger partial charge in [-0.25, -0.2) is 0 Å². The van der Waals surface area contributed by atoms with Gasteiger partial charge in [0.25, 0.3) is 0 Å². The first-order chi connectivity index (χ1) is 8.54. The van der Waals surface area contributed by atoms with Crippen molar-refractivity contribution in [3.05, 3.63) is 33.9 Å². The number of halogens is 2. The molecule has 0 bridgehead atoms. The predicted octanol–water partition coefficient (Wildman–Crippen LogP) is 4.48. The number of aromatic nitrogens is 2. The second kappa shape index (κ2) is 5.21. The zero-order valence-electron chi connectivity index (χ0n) is 10.3. The van der Waals surface area contributed by atoms with Crippen LogP contribution in [0.2, 0.25) is 10.0 Å². The van der Waals surface area contributed by atoms with Gasteiger partial charge in [-0.05, 0) is 30.0 Å². The quantitative estimate of drug-likeness (QED) is 0.873. The number of H-pyrrole nitrogens is 1. The Morgan fingerprint density at radius 3 is 2.67 bits per heavy atom. The summed E-state index contributed by atoms with van der Waals surface area (Å²) in [4.78, 5) is 0. The van der Waals surface area contributed by atoms with Gasteiger partial charge in [0, 0.05) is 11.3 Å². The summed E-state index contributed by atoms with van der Waals surface area (Å²) in [6.07, 6.45) is 1.01. The number of aromatic amines is 1. The number of benzene rings is 1. The van der Waals surface area contributed by atoms with Crippen molar-refractivity contribution in [2.24, 2.45) is 0 Å². The second-order valence-corrected chi connectivity index (χ2v) is 5.15. The molecule has 0 spiro atoms. The Kier molecular flexibility index (Phi) is 3.83. The summed E-state index contributed by atoms with van der Waals surface area (Å²) < 4.78 is 0. The van der Waals surface area contributed by atoms with E-state index in [1.54, 1.807) is 6.07 Å². The lowest BCUT2D eigenvalue weighted by Crippen LogP contribution is -1.95. The molecule has 0 saturated heterocycles. The lowest BCUT2D eigenvalue weighted by atomic mass is 9.96. The monoisotopic (exact) mass is 283 g/mol. The molecule has 1 atom stereocenters. The van der Waals surface area contributed by atoms with Gasteiger partial charge in [0.1, 0.15) is 0 Å². The van der Waals surface area contributed by atoms with E-state index in [-0.39, 0.29) is 0 Å². The smallest absolute Gasteiger partial charge is 0.153 e. The number of hydrogen-bond donors (Lipinski definition) is 2. The van der Waals surface area contributed by atoms with Crippen LogP contribution in [0.25, 0.3) is 11.1 Å². The van der Waals surface area contributed by atoms with E-state index in [0.717, 1.165) is 23.2 Å². The van der Waals surface area contributed by atoms with Gasteiger partial charge >= 0.3 is 0 Å². The average Bonchev–Trinajstić information content (AvgIpc) is 2.74. The van der Waals surface area contributed by atoms with Crippen LogP contribution in [0.5, 0.6) is 0 Å². The molecule has 0 amide bonds. The van der Waals surface area contributed by atoms with Gasteiger partial charge in [0.2, 0.25) is 0 Å². The number of anilines is 1. The van der Waals surface area contributed by atoms with Gasteiger partial charge in [-0.2, -0.15) is 5.10 Å². The predicted molar refractivity (Wildman–Crippen MR) is 77.2 cm³/mol. The van der Waals surface area contributed by atoms with Crippen LogP contribution in [-0.4, -0.2) is 10.2 Å². The van der Waals surface area contributed by atoms with Crippen LogP contribution in [0.4, 0.5) is 5.82 Å². The standard InChI is InChI=1S/C13H15Cl2N3/c1-3-7(2)12-11(13(16)18-17-12)8-4-5-9(14)10(15)6-8/h4-7H,3H2,1-2H3,(H3,16,17,18). The first kappa shape index (κ1) is 13.2. The summed E-state index contributed by atoms with van der Waals surface area (Å²) in [5.41, 5.74) is 8.83. The number of nitrogens with two attached hydrogens (primary N) is 1. The van der Waals surface area contributed by atoms with E-state index in [1.807, 2.05) is 12.1 Å². The number of nitrogen functional groups attached to an aromatic ring is 1. The van der Waals surface area contributed by atoms with E-state index >= 15 is 0 Å². The fourth-order valence-corrected chi connectivity index (χ4v) is 2.18. The van der Waals surface area contributed by atoms with E-state index in [2.05, 4.69) is 24.0 Å². The maximum absolute atomic E-state index is 6.05. The molecular formula is C13H15Cl2N3. The first-order valence-electron chi connectivity index (χ1n) is 5.83. The topological polar surface area (TPSA) is 54.7 Å². The van der Waals surface area contributed by atoms with Crippen molar-refractivity contribution in [1.82, 2.24) is 10.2 Å². The van der Waals surface area contributed by atoms with Crippen molar-refractivity contribution in [2.45, 2.75) is 26.2 Å². The second-order valence-electron chi connectivity index (χ2n) is 4.34. The molecule has 1 aromatic heterocycles. The van der Waals surface area contributed by atoms with Gasteiger partial charge in [-0.15, -0.1) is 0 Å². The largest absolute Gasteiger partial charge is 0.382 e. The summed E-state index contributed by atoms with van der Waals surface area (Å²) >= 11 is 12.0. The van der Waals surface area contributed by atoms with Crippen LogP contribution in [0.3, 0.4) is 0 Å². The number of rotatable bonds is 3. The van der Waals surface area contributed by atoms with Crippen molar-refractivity contribution in [2.75, 3.05) is 5.73 Å². The first-order valence-corrected chi connectivity index (χ1v) is 6.59. The van der Waals surface area contributed by atoms with Gasteiger partial charge in [0.15, 0.2) is 5.82 Å². The number of nitrogens with zero attached hydrogens (tertiary/aromatic N) is 1. The van der Waals surface area contributed by atoms with Crippen molar-refractivity contribution in [3.8, 4) is 11.1 Å². The molecule has 3 nitrogen and oxygen atoms in total.